The molecule has 1 aromatic carbocycles. The van der Waals surface area contributed by atoms with Crippen LogP contribution in [0.3, 0.4) is 0 Å². The largest absolute Gasteiger partial charge is 0.364 e. The topological polar surface area (TPSA) is 84.7 Å². The molecule has 0 saturated carbocycles. The third kappa shape index (κ3) is 2.12. The standard InChI is InChI=1S/C11H7ClN4O/c12-8-2-1-7(6-13)10(5-8)16-4-3-9(15-16)11(14)17/h1-5H,(H2,14,17). The van der Waals surface area contributed by atoms with Crippen LogP contribution in [0.4, 0.5) is 0 Å². The SMILES string of the molecule is N#Cc1ccc(Cl)cc1-n1ccc(C(N)=O)n1. The van der Waals surface area contributed by atoms with Gasteiger partial charge < -0.3 is 5.73 Å². The molecule has 0 bridgehead atoms. The summed E-state index contributed by atoms with van der Waals surface area (Å²) in [5.74, 6) is -0.621. The van der Waals surface area contributed by atoms with Gasteiger partial charge in [-0.15, -0.1) is 0 Å². The number of hydrogen-bond acceptors (Lipinski definition) is 3. The van der Waals surface area contributed by atoms with E-state index in [0.717, 1.165) is 0 Å². The van der Waals surface area contributed by atoms with Crippen molar-refractivity contribution in [3.05, 3.63) is 46.7 Å². The molecule has 0 unspecified atom stereocenters. The number of nitrogens with two attached hydrogens (primary N) is 1. The zero-order valence-electron chi connectivity index (χ0n) is 8.59. The van der Waals surface area contributed by atoms with E-state index in [2.05, 4.69) is 5.10 Å². The number of aromatic nitrogens is 2. The zero-order chi connectivity index (χ0) is 12.4. The number of carbonyl (C=O) groups is 1. The van der Waals surface area contributed by atoms with E-state index >= 15 is 0 Å². The molecule has 2 N–H and O–H groups in total. The molecule has 0 aliphatic rings. The number of primary amides is 1. The lowest BCUT2D eigenvalue weighted by atomic mass is 10.2. The monoisotopic (exact) mass is 246 g/mol. The highest BCUT2D eigenvalue weighted by Gasteiger charge is 2.09. The fraction of sp³-hybridized carbons (Fsp3) is 0. The Bertz CT molecular complexity index is 627. The Morgan fingerprint density at radius 3 is 2.82 bits per heavy atom. The maximum Gasteiger partial charge on any atom is 0.269 e. The van der Waals surface area contributed by atoms with Gasteiger partial charge in [-0.25, -0.2) is 4.68 Å². The first-order valence-electron chi connectivity index (χ1n) is 4.67. The Morgan fingerprint density at radius 2 is 2.24 bits per heavy atom. The van der Waals surface area contributed by atoms with Crippen LogP contribution >= 0.6 is 11.6 Å². The summed E-state index contributed by atoms with van der Waals surface area (Å²) in [4.78, 5) is 10.9. The van der Waals surface area contributed by atoms with Gasteiger partial charge >= 0.3 is 0 Å². The number of halogens is 1. The highest BCUT2D eigenvalue weighted by Crippen LogP contribution is 2.19. The molecule has 6 heteroatoms. The summed E-state index contributed by atoms with van der Waals surface area (Å²) in [5.41, 5.74) is 6.15. The first-order valence-corrected chi connectivity index (χ1v) is 5.05. The molecule has 84 valence electrons. The summed E-state index contributed by atoms with van der Waals surface area (Å²) >= 11 is 5.85. The lowest BCUT2D eigenvalue weighted by molar-refractivity contribution is 0.0995. The van der Waals surface area contributed by atoms with Crippen LogP contribution in [0.2, 0.25) is 5.02 Å². The van der Waals surface area contributed by atoms with E-state index in [9.17, 15) is 4.79 Å². The Kier molecular flexibility index (Phi) is 2.81. The molecular weight excluding hydrogens is 240 g/mol. The van der Waals surface area contributed by atoms with Crippen molar-refractivity contribution in [2.24, 2.45) is 5.73 Å². The summed E-state index contributed by atoms with van der Waals surface area (Å²) < 4.78 is 1.39. The average Bonchev–Trinajstić information content (AvgIpc) is 2.78. The first-order chi connectivity index (χ1) is 8.11. The molecule has 0 fully saturated rings. The molecule has 1 amide bonds. The van der Waals surface area contributed by atoms with Crippen LogP contribution in [0.5, 0.6) is 0 Å². The van der Waals surface area contributed by atoms with Gasteiger partial charge in [0.05, 0.1) is 11.3 Å². The average molecular weight is 247 g/mol. The summed E-state index contributed by atoms with van der Waals surface area (Å²) in [6, 6.07) is 8.30. The van der Waals surface area contributed by atoms with Gasteiger partial charge in [-0.2, -0.15) is 10.4 Å². The number of nitriles is 1. The molecule has 5 nitrogen and oxygen atoms in total. The van der Waals surface area contributed by atoms with Gasteiger partial charge in [0.1, 0.15) is 11.8 Å². The van der Waals surface area contributed by atoms with Crippen LogP contribution in [-0.4, -0.2) is 15.7 Å². The van der Waals surface area contributed by atoms with Crippen molar-refractivity contribution < 1.29 is 4.79 Å². The summed E-state index contributed by atoms with van der Waals surface area (Å²) in [5, 5.41) is 13.4. The Morgan fingerprint density at radius 1 is 1.47 bits per heavy atom. The molecule has 1 aromatic heterocycles. The second-order valence-corrected chi connectivity index (χ2v) is 3.72. The Hall–Kier alpha value is -2.32. The predicted molar refractivity (Wildman–Crippen MR) is 61.8 cm³/mol. The van der Waals surface area contributed by atoms with Crippen molar-refractivity contribution in [3.63, 3.8) is 0 Å². The van der Waals surface area contributed by atoms with E-state index in [1.54, 1.807) is 24.4 Å². The third-order valence-electron chi connectivity index (χ3n) is 2.17. The van der Waals surface area contributed by atoms with E-state index in [1.807, 2.05) is 6.07 Å². The minimum Gasteiger partial charge on any atom is -0.364 e. The quantitative estimate of drug-likeness (QED) is 0.871. The highest BCUT2D eigenvalue weighted by atomic mass is 35.5. The number of rotatable bonds is 2. The number of benzene rings is 1. The summed E-state index contributed by atoms with van der Waals surface area (Å²) in [7, 11) is 0. The molecule has 0 aliphatic heterocycles. The van der Waals surface area contributed by atoms with Crippen LogP contribution in [0.15, 0.2) is 30.5 Å². The maximum absolute atomic E-state index is 10.9. The van der Waals surface area contributed by atoms with Gasteiger partial charge in [0, 0.05) is 11.2 Å². The summed E-state index contributed by atoms with van der Waals surface area (Å²) in [6.07, 6.45) is 1.55. The zero-order valence-corrected chi connectivity index (χ0v) is 9.35. The Labute approximate surface area is 102 Å². The second-order valence-electron chi connectivity index (χ2n) is 3.28. The van der Waals surface area contributed by atoms with Crippen molar-refractivity contribution in [2.75, 3.05) is 0 Å². The number of hydrogen-bond donors (Lipinski definition) is 1. The first kappa shape index (κ1) is 11.2. The van der Waals surface area contributed by atoms with Crippen molar-refractivity contribution in [2.45, 2.75) is 0 Å². The minimum atomic E-state index is -0.621. The molecule has 0 atom stereocenters. The number of nitrogens with zero attached hydrogens (tertiary/aromatic N) is 3. The van der Waals surface area contributed by atoms with E-state index in [-0.39, 0.29) is 5.69 Å². The molecule has 0 radical (unpaired) electrons. The molecule has 17 heavy (non-hydrogen) atoms. The smallest absolute Gasteiger partial charge is 0.269 e. The van der Waals surface area contributed by atoms with Gasteiger partial charge in [0.25, 0.3) is 5.91 Å². The molecule has 1 heterocycles. The molecule has 2 aromatic rings. The van der Waals surface area contributed by atoms with Crippen LogP contribution < -0.4 is 5.73 Å². The van der Waals surface area contributed by atoms with Crippen molar-refractivity contribution in [1.82, 2.24) is 9.78 Å². The Balaban J connectivity index is 2.56. The van der Waals surface area contributed by atoms with Gasteiger partial charge in [0.15, 0.2) is 0 Å². The third-order valence-corrected chi connectivity index (χ3v) is 2.40. The van der Waals surface area contributed by atoms with Crippen molar-refractivity contribution >= 4 is 17.5 Å². The van der Waals surface area contributed by atoms with Gasteiger partial charge in [-0.1, -0.05) is 11.6 Å². The highest BCUT2D eigenvalue weighted by molar-refractivity contribution is 6.30. The molecule has 0 spiro atoms. The normalized spacial score (nSPS) is 9.88. The summed E-state index contributed by atoms with van der Waals surface area (Å²) in [6.45, 7) is 0. The van der Waals surface area contributed by atoms with Crippen LogP contribution in [0.1, 0.15) is 16.1 Å². The number of carbonyl (C=O) groups excluding carboxylic acids is 1. The van der Waals surface area contributed by atoms with Gasteiger partial charge in [0.2, 0.25) is 0 Å². The van der Waals surface area contributed by atoms with Crippen LogP contribution in [-0.2, 0) is 0 Å². The fourth-order valence-corrected chi connectivity index (χ4v) is 1.54. The number of amides is 1. The van der Waals surface area contributed by atoms with Crippen LogP contribution in [0.25, 0.3) is 5.69 Å². The van der Waals surface area contributed by atoms with Gasteiger partial charge in [-0.05, 0) is 24.3 Å². The lowest BCUT2D eigenvalue weighted by Crippen LogP contribution is -2.12. The van der Waals surface area contributed by atoms with E-state index < -0.39 is 5.91 Å². The lowest BCUT2D eigenvalue weighted by Gasteiger charge is -2.04. The van der Waals surface area contributed by atoms with E-state index in [1.165, 1.54) is 10.7 Å². The maximum atomic E-state index is 10.9. The fourth-order valence-electron chi connectivity index (χ4n) is 1.38. The second kappa shape index (κ2) is 4.28. The minimum absolute atomic E-state index is 0.133. The molecule has 2 rings (SSSR count). The van der Waals surface area contributed by atoms with Crippen molar-refractivity contribution in [1.29, 1.82) is 5.26 Å². The molecule has 0 saturated heterocycles. The van der Waals surface area contributed by atoms with Crippen LogP contribution in [0, 0.1) is 11.3 Å². The van der Waals surface area contributed by atoms with Gasteiger partial charge in [-0.3, -0.25) is 4.79 Å². The molecular formula is C11H7ClN4O. The molecule has 0 aliphatic carbocycles. The van der Waals surface area contributed by atoms with E-state index in [4.69, 9.17) is 22.6 Å². The predicted octanol–water partition coefficient (Wildman–Crippen LogP) is 1.50. The van der Waals surface area contributed by atoms with Crippen molar-refractivity contribution in [3.8, 4) is 11.8 Å². The van der Waals surface area contributed by atoms with E-state index in [0.29, 0.717) is 16.3 Å².